The van der Waals surface area contributed by atoms with Crippen LogP contribution < -0.4 is 4.74 Å². The third-order valence-electron chi connectivity index (χ3n) is 6.24. The van der Waals surface area contributed by atoms with Gasteiger partial charge in [-0.25, -0.2) is 4.98 Å². The molecule has 1 aliphatic carbocycles. The number of aromatic nitrogens is 1. The summed E-state index contributed by atoms with van der Waals surface area (Å²) in [5.74, 6) is 3.64. The summed E-state index contributed by atoms with van der Waals surface area (Å²) in [6, 6.07) is 20.8. The molecule has 164 valence electrons. The lowest BCUT2D eigenvalue weighted by atomic mass is 9.77. The number of benzene rings is 2. The van der Waals surface area contributed by atoms with Crippen molar-refractivity contribution in [2.75, 3.05) is 20.2 Å². The van der Waals surface area contributed by atoms with E-state index in [1.54, 1.807) is 0 Å². The third kappa shape index (κ3) is 6.20. The van der Waals surface area contributed by atoms with E-state index >= 15 is 0 Å². The van der Waals surface area contributed by atoms with Gasteiger partial charge in [0.2, 0.25) is 5.89 Å². The second kappa shape index (κ2) is 11.1. The predicted octanol–water partition coefficient (Wildman–Crippen LogP) is 6.29. The van der Waals surface area contributed by atoms with Gasteiger partial charge in [-0.15, -0.1) is 0 Å². The molecule has 3 aromatic rings. The molecule has 4 rings (SSSR count). The van der Waals surface area contributed by atoms with Crippen molar-refractivity contribution in [1.29, 1.82) is 0 Å². The van der Waals surface area contributed by atoms with Gasteiger partial charge in [-0.2, -0.15) is 0 Å². The molecule has 0 amide bonds. The number of ether oxygens (including phenoxy) is 1. The Morgan fingerprint density at radius 1 is 1.00 bits per heavy atom. The molecule has 0 N–H and O–H groups in total. The molecule has 1 aromatic heterocycles. The SMILES string of the molecule is CN(CCCOc1ccccc1)Cc1cnc(C(c2ccccc2)C2CCCCC2)o1. The van der Waals surface area contributed by atoms with Crippen molar-refractivity contribution in [3.05, 3.63) is 84.1 Å². The lowest BCUT2D eigenvalue weighted by molar-refractivity contribution is 0.240. The minimum atomic E-state index is 0.264. The number of hydrogen-bond acceptors (Lipinski definition) is 4. The normalized spacial score (nSPS) is 15.8. The Morgan fingerprint density at radius 3 is 2.45 bits per heavy atom. The minimum absolute atomic E-state index is 0.264. The number of para-hydroxylation sites is 1. The fourth-order valence-electron chi connectivity index (χ4n) is 4.67. The van der Waals surface area contributed by atoms with Crippen molar-refractivity contribution in [3.63, 3.8) is 0 Å². The van der Waals surface area contributed by atoms with Crippen LogP contribution in [0.2, 0.25) is 0 Å². The summed E-state index contributed by atoms with van der Waals surface area (Å²) in [6.45, 7) is 2.44. The van der Waals surface area contributed by atoms with Crippen LogP contribution in [0.4, 0.5) is 0 Å². The van der Waals surface area contributed by atoms with E-state index in [0.29, 0.717) is 12.5 Å². The van der Waals surface area contributed by atoms with Crippen molar-refractivity contribution in [2.45, 2.75) is 51.0 Å². The van der Waals surface area contributed by atoms with E-state index in [1.165, 1.54) is 37.7 Å². The molecule has 0 spiro atoms. The number of rotatable bonds is 10. The quantitative estimate of drug-likeness (QED) is 0.363. The first-order valence-electron chi connectivity index (χ1n) is 11.7. The van der Waals surface area contributed by atoms with Crippen molar-refractivity contribution in [2.24, 2.45) is 5.92 Å². The maximum Gasteiger partial charge on any atom is 0.202 e. The molecule has 4 heteroatoms. The Bertz CT molecular complexity index is 888. The zero-order valence-corrected chi connectivity index (χ0v) is 18.6. The standard InChI is InChI=1S/C27H34N2O2/c1-29(18-11-19-30-24-16-9-4-10-17-24)21-25-20-28-27(31-25)26(22-12-5-2-6-13-22)23-14-7-3-8-15-23/h2,4-6,9-10,12-13,16-17,20,23,26H,3,7-8,11,14-15,18-19,21H2,1H3. The summed E-state index contributed by atoms with van der Waals surface area (Å²) in [5, 5.41) is 0. The van der Waals surface area contributed by atoms with Gasteiger partial charge in [-0.1, -0.05) is 67.8 Å². The van der Waals surface area contributed by atoms with Crippen LogP contribution in [0.25, 0.3) is 0 Å². The van der Waals surface area contributed by atoms with E-state index in [-0.39, 0.29) is 5.92 Å². The molecule has 1 heterocycles. The van der Waals surface area contributed by atoms with Gasteiger partial charge in [0.15, 0.2) is 0 Å². The molecule has 1 aliphatic rings. The summed E-state index contributed by atoms with van der Waals surface area (Å²) in [4.78, 5) is 7.01. The van der Waals surface area contributed by atoms with Gasteiger partial charge in [0.1, 0.15) is 11.5 Å². The highest BCUT2D eigenvalue weighted by molar-refractivity contribution is 5.26. The summed E-state index contributed by atoms with van der Waals surface area (Å²) < 4.78 is 12.1. The van der Waals surface area contributed by atoms with Gasteiger partial charge in [-0.05, 0) is 49.9 Å². The first-order chi connectivity index (χ1) is 15.3. The second-order valence-corrected chi connectivity index (χ2v) is 8.70. The van der Waals surface area contributed by atoms with Crippen LogP contribution >= 0.6 is 0 Å². The van der Waals surface area contributed by atoms with E-state index in [4.69, 9.17) is 14.1 Å². The fraction of sp³-hybridized carbons (Fsp3) is 0.444. The fourth-order valence-corrected chi connectivity index (χ4v) is 4.67. The van der Waals surface area contributed by atoms with Gasteiger partial charge in [0, 0.05) is 6.54 Å². The lowest BCUT2D eigenvalue weighted by Gasteiger charge is -2.28. The molecule has 0 aliphatic heterocycles. The maximum absolute atomic E-state index is 6.32. The highest BCUT2D eigenvalue weighted by atomic mass is 16.5. The molecule has 0 bridgehead atoms. The molecule has 0 radical (unpaired) electrons. The van der Waals surface area contributed by atoms with Crippen molar-refractivity contribution in [3.8, 4) is 5.75 Å². The molecule has 0 saturated heterocycles. The molecule has 1 fully saturated rings. The first-order valence-corrected chi connectivity index (χ1v) is 11.7. The van der Waals surface area contributed by atoms with E-state index < -0.39 is 0 Å². The van der Waals surface area contributed by atoms with Crippen molar-refractivity contribution in [1.82, 2.24) is 9.88 Å². The van der Waals surface area contributed by atoms with Crippen LogP contribution in [0.1, 0.15) is 61.7 Å². The van der Waals surface area contributed by atoms with Crippen LogP contribution in [-0.2, 0) is 6.54 Å². The maximum atomic E-state index is 6.32. The van der Waals surface area contributed by atoms with E-state index in [1.807, 2.05) is 36.5 Å². The topological polar surface area (TPSA) is 38.5 Å². The van der Waals surface area contributed by atoms with E-state index in [0.717, 1.165) is 36.9 Å². The first kappa shape index (κ1) is 21.6. The largest absolute Gasteiger partial charge is 0.494 e. The van der Waals surface area contributed by atoms with Gasteiger partial charge in [0.25, 0.3) is 0 Å². The van der Waals surface area contributed by atoms with Crippen LogP contribution in [0, 0.1) is 5.92 Å². The average Bonchev–Trinajstić information content (AvgIpc) is 3.27. The Kier molecular flexibility index (Phi) is 7.78. The van der Waals surface area contributed by atoms with Crippen molar-refractivity contribution < 1.29 is 9.15 Å². The smallest absolute Gasteiger partial charge is 0.202 e. The predicted molar refractivity (Wildman–Crippen MR) is 124 cm³/mol. The van der Waals surface area contributed by atoms with Crippen LogP contribution in [0.15, 0.2) is 71.3 Å². The average molecular weight is 419 g/mol. The summed E-state index contributed by atoms with van der Waals surface area (Å²) in [6.07, 6.45) is 9.40. The van der Waals surface area contributed by atoms with E-state index in [2.05, 4.69) is 42.3 Å². The summed E-state index contributed by atoms with van der Waals surface area (Å²) >= 11 is 0. The Balaban J connectivity index is 1.33. The monoisotopic (exact) mass is 418 g/mol. The molecule has 4 nitrogen and oxygen atoms in total. The Labute approximate surface area is 186 Å². The minimum Gasteiger partial charge on any atom is -0.494 e. The van der Waals surface area contributed by atoms with Crippen molar-refractivity contribution >= 4 is 0 Å². The van der Waals surface area contributed by atoms with Crippen LogP contribution in [-0.4, -0.2) is 30.1 Å². The molecule has 1 saturated carbocycles. The molecular weight excluding hydrogens is 384 g/mol. The molecule has 2 aromatic carbocycles. The number of nitrogens with zero attached hydrogens (tertiary/aromatic N) is 2. The lowest BCUT2D eigenvalue weighted by Crippen LogP contribution is -2.20. The van der Waals surface area contributed by atoms with Gasteiger partial charge >= 0.3 is 0 Å². The van der Waals surface area contributed by atoms with Crippen LogP contribution in [0.3, 0.4) is 0 Å². The Hall–Kier alpha value is -2.59. The zero-order chi connectivity index (χ0) is 21.3. The summed E-state index contributed by atoms with van der Waals surface area (Å²) in [7, 11) is 2.13. The Morgan fingerprint density at radius 2 is 1.71 bits per heavy atom. The second-order valence-electron chi connectivity index (χ2n) is 8.70. The van der Waals surface area contributed by atoms with Crippen LogP contribution in [0.5, 0.6) is 5.75 Å². The van der Waals surface area contributed by atoms with Gasteiger partial charge in [-0.3, -0.25) is 4.90 Å². The van der Waals surface area contributed by atoms with E-state index in [9.17, 15) is 0 Å². The number of hydrogen-bond donors (Lipinski definition) is 0. The zero-order valence-electron chi connectivity index (χ0n) is 18.6. The number of oxazole rings is 1. The summed E-state index contributed by atoms with van der Waals surface area (Å²) in [5.41, 5.74) is 1.33. The molecule has 31 heavy (non-hydrogen) atoms. The highest BCUT2D eigenvalue weighted by Crippen LogP contribution is 2.40. The van der Waals surface area contributed by atoms with Gasteiger partial charge < -0.3 is 9.15 Å². The molecular formula is C27H34N2O2. The third-order valence-corrected chi connectivity index (χ3v) is 6.24. The van der Waals surface area contributed by atoms with Gasteiger partial charge in [0.05, 0.1) is 25.3 Å². The highest BCUT2D eigenvalue weighted by Gasteiger charge is 2.30. The molecule has 1 atom stereocenters. The molecule has 1 unspecified atom stereocenters.